The predicted octanol–water partition coefficient (Wildman–Crippen LogP) is 2.86. The molecule has 2 aromatic rings. The molecular formula is C16H19FN4O2. The Labute approximate surface area is 133 Å². The number of hydrogen-bond acceptors (Lipinski definition) is 5. The van der Waals surface area contributed by atoms with Gasteiger partial charge in [0, 0.05) is 11.6 Å². The van der Waals surface area contributed by atoms with Gasteiger partial charge in [0.05, 0.1) is 24.7 Å². The summed E-state index contributed by atoms with van der Waals surface area (Å²) in [5.74, 6) is 0.0165. The van der Waals surface area contributed by atoms with Gasteiger partial charge in [0.2, 0.25) is 0 Å². The molecule has 1 aromatic heterocycles. The number of halogens is 1. The molecule has 0 aliphatic rings. The molecule has 1 aromatic carbocycles. The minimum absolute atomic E-state index is 0.0228. The van der Waals surface area contributed by atoms with Crippen molar-refractivity contribution < 1.29 is 14.0 Å². The molecule has 7 heteroatoms. The summed E-state index contributed by atoms with van der Waals surface area (Å²) in [5.41, 5.74) is 1.46. The third-order valence-electron chi connectivity index (χ3n) is 3.46. The Morgan fingerprint density at radius 1 is 1.48 bits per heavy atom. The Morgan fingerprint density at radius 3 is 2.78 bits per heavy atom. The van der Waals surface area contributed by atoms with Gasteiger partial charge in [-0.05, 0) is 37.1 Å². The zero-order chi connectivity index (χ0) is 17.0. The first-order chi connectivity index (χ1) is 11.0. The molecule has 6 nitrogen and oxygen atoms in total. The summed E-state index contributed by atoms with van der Waals surface area (Å²) in [6.45, 7) is 3.61. The van der Waals surface area contributed by atoms with Crippen LogP contribution in [0.25, 0.3) is 0 Å². The number of amidine groups is 1. The van der Waals surface area contributed by atoms with Gasteiger partial charge in [-0.1, -0.05) is 12.1 Å². The van der Waals surface area contributed by atoms with Crippen molar-refractivity contribution in [1.29, 1.82) is 10.8 Å². The second kappa shape index (κ2) is 7.15. The number of aromatic nitrogens is 1. The van der Waals surface area contributed by atoms with Gasteiger partial charge in [-0.25, -0.2) is 4.39 Å². The number of aryl methyl sites for hydroxylation is 1. The molecule has 0 aliphatic carbocycles. The summed E-state index contributed by atoms with van der Waals surface area (Å²) >= 11 is 0. The first-order valence-corrected chi connectivity index (χ1v) is 7.24. The van der Waals surface area contributed by atoms with E-state index in [9.17, 15) is 9.50 Å². The van der Waals surface area contributed by atoms with E-state index in [2.05, 4.69) is 5.16 Å². The molecule has 23 heavy (non-hydrogen) atoms. The maximum absolute atomic E-state index is 13.4. The molecular weight excluding hydrogens is 299 g/mol. The van der Waals surface area contributed by atoms with Crippen LogP contribution in [0.2, 0.25) is 0 Å². The normalized spacial score (nSPS) is 12.0. The fourth-order valence-electron chi connectivity index (χ4n) is 2.20. The van der Waals surface area contributed by atoms with E-state index in [0.29, 0.717) is 16.9 Å². The molecule has 3 N–H and O–H groups in total. The van der Waals surface area contributed by atoms with Crippen LogP contribution in [0.1, 0.15) is 42.5 Å². The summed E-state index contributed by atoms with van der Waals surface area (Å²) in [6, 6.07) is 5.61. The van der Waals surface area contributed by atoms with E-state index in [1.54, 1.807) is 6.07 Å². The lowest BCUT2D eigenvalue weighted by atomic mass is 10.0. The van der Waals surface area contributed by atoms with Gasteiger partial charge in [-0.2, -0.15) is 0 Å². The highest BCUT2D eigenvalue weighted by atomic mass is 19.1. The monoisotopic (exact) mass is 318 g/mol. The fraction of sp³-hybridized carbons (Fsp3) is 0.312. The molecule has 0 amide bonds. The van der Waals surface area contributed by atoms with Crippen molar-refractivity contribution >= 4 is 12.2 Å². The maximum atomic E-state index is 13.4. The molecule has 0 saturated heterocycles. The van der Waals surface area contributed by atoms with Crippen LogP contribution in [0.15, 0.2) is 28.8 Å². The van der Waals surface area contributed by atoms with E-state index in [0.717, 1.165) is 18.5 Å². The Kier molecular flexibility index (Phi) is 5.23. The second-order valence-corrected chi connectivity index (χ2v) is 5.15. The first-order valence-electron chi connectivity index (χ1n) is 7.24. The Balaban J connectivity index is 2.28. The lowest BCUT2D eigenvalue weighted by molar-refractivity contribution is 0.198. The van der Waals surface area contributed by atoms with E-state index in [1.165, 1.54) is 30.0 Å². The van der Waals surface area contributed by atoms with Crippen LogP contribution in [-0.2, 0) is 13.0 Å². The number of hydrogen-bond donors (Lipinski definition) is 3. The molecule has 0 aliphatic heterocycles. The predicted molar refractivity (Wildman–Crippen MR) is 84.1 cm³/mol. The standard InChI is InChI=1S/C16H19FN4O2/c1-3-12-7-13(23-20-12)8-21(9-18)16(19)14-5-4-11(17)6-15(14)10(2)22/h4-7,9-10,18-19,22H,3,8H2,1-2H3. The minimum Gasteiger partial charge on any atom is -0.389 e. The molecule has 0 bridgehead atoms. The number of aliphatic hydroxyl groups is 1. The number of nitrogens with zero attached hydrogens (tertiary/aromatic N) is 2. The molecule has 1 atom stereocenters. The average Bonchev–Trinajstić information content (AvgIpc) is 2.99. The van der Waals surface area contributed by atoms with E-state index in [-0.39, 0.29) is 12.4 Å². The topological polar surface area (TPSA) is 97.2 Å². The van der Waals surface area contributed by atoms with Crippen LogP contribution in [0, 0.1) is 16.6 Å². The average molecular weight is 318 g/mol. The second-order valence-electron chi connectivity index (χ2n) is 5.15. The van der Waals surface area contributed by atoms with Crippen molar-refractivity contribution in [3.8, 4) is 0 Å². The van der Waals surface area contributed by atoms with Gasteiger partial charge in [-0.15, -0.1) is 0 Å². The lowest BCUT2D eigenvalue weighted by Crippen LogP contribution is -2.30. The van der Waals surface area contributed by atoms with Gasteiger partial charge in [0.1, 0.15) is 11.7 Å². The van der Waals surface area contributed by atoms with E-state index < -0.39 is 11.9 Å². The molecule has 1 unspecified atom stereocenters. The van der Waals surface area contributed by atoms with Crippen molar-refractivity contribution in [2.75, 3.05) is 0 Å². The van der Waals surface area contributed by atoms with Gasteiger partial charge in [-0.3, -0.25) is 10.8 Å². The maximum Gasteiger partial charge on any atom is 0.156 e. The lowest BCUT2D eigenvalue weighted by Gasteiger charge is -2.21. The minimum atomic E-state index is -0.925. The van der Waals surface area contributed by atoms with Crippen LogP contribution in [0.5, 0.6) is 0 Å². The van der Waals surface area contributed by atoms with E-state index >= 15 is 0 Å². The van der Waals surface area contributed by atoms with Crippen LogP contribution in [0.3, 0.4) is 0 Å². The van der Waals surface area contributed by atoms with E-state index in [1.807, 2.05) is 6.92 Å². The van der Waals surface area contributed by atoms with Gasteiger partial charge >= 0.3 is 0 Å². The Morgan fingerprint density at radius 2 is 2.22 bits per heavy atom. The van der Waals surface area contributed by atoms with Crippen LogP contribution in [0.4, 0.5) is 4.39 Å². The summed E-state index contributed by atoms with van der Waals surface area (Å²) in [6.07, 6.45) is 0.798. The van der Waals surface area contributed by atoms with Crippen molar-refractivity contribution in [3.05, 3.63) is 52.7 Å². The molecule has 2 rings (SSSR count). The SMILES string of the molecule is CCc1cc(CN(C=N)C(=N)c2ccc(F)cc2C(C)O)on1. The summed E-state index contributed by atoms with van der Waals surface area (Å²) in [4.78, 5) is 1.33. The molecule has 0 radical (unpaired) electrons. The number of benzene rings is 1. The van der Waals surface area contributed by atoms with Crippen LogP contribution < -0.4 is 0 Å². The van der Waals surface area contributed by atoms with E-state index in [4.69, 9.17) is 15.3 Å². The Hall–Kier alpha value is -2.54. The molecule has 122 valence electrons. The van der Waals surface area contributed by atoms with Crippen molar-refractivity contribution in [2.24, 2.45) is 0 Å². The van der Waals surface area contributed by atoms with Crippen molar-refractivity contribution in [2.45, 2.75) is 32.9 Å². The summed E-state index contributed by atoms with van der Waals surface area (Å²) < 4.78 is 18.5. The largest absolute Gasteiger partial charge is 0.389 e. The van der Waals surface area contributed by atoms with Gasteiger partial charge < -0.3 is 14.5 Å². The van der Waals surface area contributed by atoms with Crippen molar-refractivity contribution in [1.82, 2.24) is 10.1 Å². The zero-order valence-corrected chi connectivity index (χ0v) is 13.0. The van der Waals surface area contributed by atoms with Gasteiger partial charge in [0.25, 0.3) is 0 Å². The third kappa shape index (κ3) is 3.81. The quantitative estimate of drug-likeness (QED) is 0.563. The van der Waals surface area contributed by atoms with Gasteiger partial charge in [0.15, 0.2) is 5.76 Å². The highest BCUT2D eigenvalue weighted by molar-refractivity contribution is 6.03. The molecule has 1 heterocycles. The highest BCUT2D eigenvalue weighted by Crippen LogP contribution is 2.21. The fourth-order valence-corrected chi connectivity index (χ4v) is 2.20. The van der Waals surface area contributed by atoms with Crippen LogP contribution >= 0.6 is 0 Å². The zero-order valence-electron chi connectivity index (χ0n) is 13.0. The highest BCUT2D eigenvalue weighted by Gasteiger charge is 2.18. The number of aliphatic hydroxyl groups excluding tert-OH is 1. The number of nitrogens with one attached hydrogen (secondary N) is 2. The number of rotatable bonds is 6. The Bertz CT molecular complexity index is 712. The first kappa shape index (κ1) is 16.8. The smallest absolute Gasteiger partial charge is 0.156 e. The van der Waals surface area contributed by atoms with Crippen LogP contribution in [-0.4, -0.2) is 27.3 Å². The molecule has 0 saturated carbocycles. The van der Waals surface area contributed by atoms with Crippen molar-refractivity contribution in [3.63, 3.8) is 0 Å². The summed E-state index contributed by atoms with van der Waals surface area (Å²) in [7, 11) is 0. The third-order valence-corrected chi connectivity index (χ3v) is 3.46. The molecule has 0 spiro atoms. The molecule has 0 fully saturated rings. The summed E-state index contributed by atoms with van der Waals surface area (Å²) in [5, 5.41) is 29.5.